The van der Waals surface area contributed by atoms with Crippen molar-refractivity contribution in [1.29, 1.82) is 0 Å². The van der Waals surface area contributed by atoms with Crippen molar-refractivity contribution in [2.75, 3.05) is 6.54 Å². The first-order valence-electron chi connectivity index (χ1n) is 4.80. The van der Waals surface area contributed by atoms with E-state index in [1.165, 1.54) is 0 Å². The Labute approximate surface area is 80.3 Å². The van der Waals surface area contributed by atoms with Crippen molar-refractivity contribution >= 4 is 10.2 Å². The van der Waals surface area contributed by atoms with Gasteiger partial charge in [-0.15, -0.1) is 0 Å². The van der Waals surface area contributed by atoms with Crippen LogP contribution >= 0.6 is 0 Å². The second-order valence-electron chi connectivity index (χ2n) is 3.73. The summed E-state index contributed by atoms with van der Waals surface area (Å²) in [5.41, 5.74) is 0. The van der Waals surface area contributed by atoms with Crippen molar-refractivity contribution < 1.29 is 8.42 Å². The molecular weight excluding hydrogens is 188 g/mol. The van der Waals surface area contributed by atoms with E-state index in [-0.39, 0.29) is 6.04 Å². The van der Waals surface area contributed by atoms with Gasteiger partial charge in [0.2, 0.25) is 0 Å². The van der Waals surface area contributed by atoms with Crippen LogP contribution in [0.5, 0.6) is 0 Å². The SMILES string of the molecule is CCNS(=O)(=O)NC1CCC(C)C1. The summed E-state index contributed by atoms with van der Waals surface area (Å²) in [6, 6.07) is 0.138. The molecule has 4 nitrogen and oxygen atoms in total. The van der Waals surface area contributed by atoms with Crippen LogP contribution in [0.1, 0.15) is 33.1 Å². The van der Waals surface area contributed by atoms with Crippen LogP contribution in [0.3, 0.4) is 0 Å². The van der Waals surface area contributed by atoms with Crippen LogP contribution in [0, 0.1) is 5.92 Å². The average molecular weight is 206 g/mol. The van der Waals surface area contributed by atoms with Gasteiger partial charge in [0.15, 0.2) is 0 Å². The van der Waals surface area contributed by atoms with Gasteiger partial charge in [-0.3, -0.25) is 0 Å². The Bertz CT molecular complexity index is 251. The number of rotatable bonds is 4. The van der Waals surface area contributed by atoms with Crippen molar-refractivity contribution in [2.45, 2.75) is 39.2 Å². The Morgan fingerprint density at radius 1 is 1.38 bits per heavy atom. The molecule has 0 spiro atoms. The maximum Gasteiger partial charge on any atom is 0.277 e. The van der Waals surface area contributed by atoms with E-state index < -0.39 is 10.2 Å². The first-order chi connectivity index (χ1) is 6.03. The molecule has 0 bridgehead atoms. The first kappa shape index (κ1) is 10.9. The monoisotopic (exact) mass is 206 g/mol. The smallest absolute Gasteiger partial charge is 0.203 e. The van der Waals surface area contributed by atoms with E-state index in [9.17, 15) is 8.42 Å². The molecule has 0 aromatic heterocycles. The van der Waals surface area contributed by atoms with Crippen LogP contribution in [0.4, 0.5) is 0 Å². The molecule has 0 heterocycles. The molecule has 1 aliphatic rings. The molecule has 5 heteroatoms. The maximum absolute atomic E-state index is 11.3. The van der Waals surface area contributed by atoms with Crippen molar-refractivity contribution in [3.05, 3.63) is 0 Å². The van der Waals surface area contributed by atoms with E-state index >= 15 is 0 Å². The molecule has 0 amide bonds. The second kappa shape index (κ2) is 4.39. The predicted octanol–water partition coefficient (Wildman–Crippen LogP) is 0.619. The van der Waals surface area contributed by atoms with E-state index in [1.807, 2.05) is 0 Å². The lowest BCUT2D eigenvalue weighted by molar-refractivity contribution is 0.529. The molecule has 1 aliphatic carbocycles. The van der Waals surface area contributed by atoms with Gasteiger partial charge in [-0.2, -0.15) is 13.1 Å². The van der Waals surface area contributed by atoms with Crippen molar-refractivity contribution in [3.8, 4) is 0 Å². The Balaban J connectivity index is 2.40. The Morgan fingerprint density at radius 2 is 2.08 bits per heavy atom. The van der Waals surface area contributed by atoms with Crippen molar-refractivity contribution in [3.63, 3.8) is 0 Å². The minimum absolute atomic E-state index is 0.138. The quantitative estimate of drug-likeness (QED) is 0.708. The highest BCUT2D eigenvalue weighted by atomic mass is 32.2. The predicted molar refractivity (Wildman–Crippen MR) is 52.5 cm³/mol. The molecule has 13 heavy (non-hydrogen) atoms. The molecule has 0 aromatic carbocycles. The van der Waals surface area contributed by atoms with Gasteiger partial charge in [-0.05, 0) is 25.2 Å². The lowest BCUT2D eigenvalue weighted by Gasteiger charge is -2.12. The molecule has 0 aromatic rings. The van der Waals surface area contributed by atoms with Crippen LogP contribution in [-0.2, 0) is 10.2 Å². The highest BCUT2D eigenvalue weighted by Gasteiger charge is 2.24. The third kappa shape index (κ3) is 3.62. The minimum atomic E-state index is -3.24. The van der Waals surface area contributed by atoms with Gasteiger partial charge in [0.25, 0.3) is 10.2 Å². The van der Waals surface area contributed by atoms with Gasteiger partial charge < -0.3 is 0 Å². The van der Waals surface area contributed by atoms with Crippen LogP contribution < -0.4 is 9.44 Å². The van der Waals surface area contributed by atoms with Crippen molar-refractivity contribution in [1.82, 2.24) is 9.44 Å². The molecule has 0 saturated heterocycles. The van der Waals surface area contributed by atoms with Gasteiger partial charge in [0.1, 0.15) is 0 Å². The van der Waals surface area contributed by atoms with Gasteiger partial charge in [-0.1, -0.05) is 13.8 Å². The van der Waals surface area contributed by atoms with E-state index in [2.05, 4.69) is 16.4 Å². The third-order valence-corrected chi connectivity index (χ3v) is 3.66. The number of hydrogen-bond acceptors (Lipinski definition) is 2. The maximum atomic E-state index is 11.3. The topological polar surface area (TPSA) is 58.2 Å². The summed E-state index contributed by atoms with van der Waals surface area (Å²) in [7, 11) is -3.24. The lowest BCUT2D eigenvalue weighted by atomic mass is 10.1. The third-order valence-electron chi connectivity index (χ3n) is 2.35. The van der Waals surface area contributed by atoms with E-state index in [0.29, 0.717) is 12.5 Å². The van der Waals surface area contributed by atoms with Gasteiger partial charge in [0.05, 0.1) is 0 Å². The Hall–Kier alpha value is -0.130. The standard InChI is InChI=1S/C8H18N2O2S/c1-3-9-13(11,12)10-8-5-4-7(2)6-8/h7-10H,3-6H2,1-2H3. The van der Waals surface area contributed by atoms with Crippen LogP contribution in [0.15, 0.2) is 0 Å². The highest BCUT2D eigenvalue weighted by Crippen LogP contribution is 2.24. The van der Waals surface area contributed by atoms with Gasteiger partial charge in [0, 0.05) is 12.6 Å². The van der Waals surface area contributed by atoms with Gasteiger partial charge in [-0.25, -0.2) is 4.72 Å². The number of hydrogen-bond donors (Lipinski definition) is 2. The van der Waals surface area contributed by atoms with E-state index in [1.54, 1.807) is 6.92 Å². The van der Waals surface area contributed by atoms with E-state index in [0.717, 1.165) is 19.3 Å². The first-order valence-corrected chi connectivity index (χ1v) is 6.28. The second-order valence-corrected chi connectivity index (χ2v) is 5.27. The molecule has 0 aliphatic heterocycles. The van der Waals surface area contributed by atoms with Gasteiger partial charge >= 0.3 is 0 Å². The summed E-state index contributed by atoms with van der Waals surface area (Å²) in [6.07, 6.45) is 3.05. The van der Waals surface area contributed by atoms with Crippen LogP contribution in [-0.4, -0.2) is 21.0 Å². The van der Waals surface area contributed by atoms with Crippen LogP contribution in [0.2, 0.25) is 0 Å². The Morgan fingerprint density at radius 3 is 2.54 bits per heavy atom. The molecule has 1 saturated carbocycles. The molecule has 78 valence electrons. The zero-order chi connectivity index (χ0) is 9.90. The molecule has 1 fully saturated rings. The molecular formula is C8H18N2O2S. The zero-order valence-electron chi connectivity index (χ0n) is 8.21. The number of nitrogens with one attached hydrogen (secondary N) is 2. The summed E-state index contributed by atoms with van der Waals surface area (Å²) in [6.45, 7) is 4.37. The lowest BCUT2D eigenvalue weighted by Crippen LogP contribution is -2.41. The van der Waals surface area contributed by atoms with Crippen molar-refractivity contribution in [2.24, 2.45) is 5.92 Å². The van der Waals surface area contributed by atoms with Crippen LogP contribution in [0.25, 0.3) is 0 Å². The fourth-order valence-corrected chi connectivity index (χ4v) is 2.88. The fourth-order valence-electron chi connectivity index (χ4n) is 1.77. The summed E-state index contributed by atoms with van der Waals surface area (Å²) in [5, 5.41) is 0. The normalized spacial score (nSPS) is 29.4. The summed E-state index contributed by atoms with van der Waals surface area (Å²) < 4.78 is 27.6. The molecule has 2 unspecified atom stereocenters. The molecule has 1 rings (SSSR count). The largest absolute Gasteiger partial charge is 0.277 e. The zero-order valence-corrected chi connectivity index (χ0v) is 9.02. The fraction of sp³-hybridized carbons (Fsp3) is 1.00. The molecule has 0 radical (unpaired) electrons. The molecule has 2 atom stereocenters. The Kier molecular flexibility index (Phi) is 3.70. The van der Waals surface area contributed by atoms with E-state index in [4.69, 9.17) is 0 Å². The summed E-state index contributed by atoms with van der Waals surface area (Å²) in [4.78, 5) is 0. The highest BCUT2D eigenvalue weighted by molar-refractivity contribution is 7.87. The summed E-state index contributed by atoms with van der Waals surface area (Å²) >= 11 is 0. The summed E-state index contributed by atoms with van der Waals surface area (Å²) in [5.74, 6) is 0.648. The average Bonchev–Trinajstić information content (AvgIpc) is 2.34. The molecule has 2 N–H and O–H groups in total. The minimum Gasteiger partial charge on any atom is -0.203 e.